The van der Waals surface area contributed by atoms with E-state index < -0.39 is 5.41 Å². The molecular formula is C36H35BN2O2. The van der Waals surface area contributed by atoms with Crippen molar-refractivity contribution in [3.63, 3.8) is 0 Å². The molecule has 2 aliphatic rings. The summed E-state index contributed by atoms with van der Waals surface area (Å²) in [6, 6.07) is 28.5. The summed E-state index contributed by atoms with van der Waals surface area (Å²) >= 11 is 0. The highest BCUT2D eigenvalue weighted by Crippen LogP contribution is 2.43. The molecule has 0 fully saturated rings. The summed E-state index contributed by atoms with van der Waals surface area (Å²) < 4.78 is 5.26. The van der Waals surface area contributed by atoms with E-state index in [0.717, 1.165) is 18.7 Å². The second-order valence-electron chi connectivity index (χ2n) is 12.1. The Balaban J connectivity index is 1.43. The van der Waals surface area contributed by atoms with Gasteiger partial charge in [-0.3, -0.25) is 4.79 Å². The number of hydrogen-bond donors (Lipinski definition) is 1. The van der Waals surface area contributed by atoms with Gasteiger partial charge in [-0.15, -0.1) is 0 Å². The molecule has 5 aromatic carbocycles. The van der Waals surface area contributed by atoms with Crippen LogP contribution in [-0.4, -0.2) is 20.1 Å². The van der Waals surface area contributed by atoms with E-state index in [4.69, 9.17) is 4.74 Å². The lowest BCUT2D eigenvalue weighted by Gasteiger charge is -2.39. The third-order valence-corrected chi connectivity index (χ3v) is 9.74. The van der Waals surface area contributed by atoms with Gasteiger partial charge in [-0.25, -0.2) is 0 Å². The minimum Gasteiger partial charge on any atom is -0.469 e. The van der Waals surface area contributed by atoms with Crippen molar-refractivity contribution in [1.29, 1.82) is 0 Å². The van der Waals surface area contributed by atoms with Gasteiger partial charge in [0.15, 0.2) is 0 Å². The van der Waals surface area contributed by atoms with Crippen LogP contribution < -0.4 is 15.5 Å². The molecule has 0 saturated heterocycles. The summed E-state index contributed by atoms with van der Waals surface area (Å²) in [7, 11) is 1.50. The fourth-order valence-corrected chi connectivity index (χ4v) is 7.51. The van der Waals surface area contributed by atoms with E-state index in [1.165, 1.54) is 73.2 Å². The van der Waals surface area contributed by atoms with Gasteiger partial charge in [0.25, 0.3) is 0 Å². The van der Waals surface area contributed by atoms with Gasteiger partial charge in [-0.2, -0.15) is 0 Å². The maximum atomic E-state index is 12.9. The zero-order chi connectivity index (χ0) is 28.5. The molecular weight excluding hydrogens is 503 g/mol. The molecule has 1 aliphatic carbocycles. The lowest BCUT2D eigenvalue weighted by Crippen LogP contribution is -2.57. The Hall–Kier alpha value is -4.25. The molecule has 0 aromatic heterocycles. The van der Waals surface area contributed by atoms with Gasteiger partial charge in [-0.05, 0) is 108 Å². The molecule has 0 saturated carbocycles. The van der Waals surface area contributed by atoms with Crippen molar-refractivity contribution in [2.24, 2.45) is 5.41 Å². The average Bonchev–Trinajstić information content (AvgIpc) is 3.37. The van der Waals surface area contributed by atoms with E-state index >= 15 is 0 Å². The van der Waals surface area contributed by atoms with Gasteiger partial charge in [0.2, 0.25) is 0 Å². The molecule has 0 radical (unpaired) electrons. The maximum Gasteiger partial charge on any atom is 0.409 e. The van der Waals surface area contributed by atoms with E-state index in [9.17, 15) is 4.79 Å². The number of fused-ring (bicyclic) bond motifs is 2. The molecule has 5 heteroatoms. The number of carbonyl (C=O) groups is 1. The van der Waals surface area contributed by atoms with Crippen LogP contribution in [0.4, 0.5) is 11.4 Å². The lowest BCUT2D eigenvalue weighted by molar-refractivity contribution is -0.151. The first-order valence-electron chi connectivity index (χ1n) is 14.5. The molecule has 1 N–H and O–H groups in total. The van der Waals surface area contributed by atoms with E-state index in [0.29, 0.717) is 6.42 Å². The summed E-state index contributed by atoms with van der Waals surface area (Å²) in [5.74, 6) is -0.124. The van der Waals surface area contributed by atoms with Crippen LogP contribution in [0.25, 0.3) is 21.5 Å². The molecule has 41 heavy (non-hydrogen) atoms. The maximum absolute atomic E-state index is 12.9. The number of carbonyl (C=O) groups excluding carboxylic acids is 1. The van der Waals surface area contributed by atoms with Crippen molar-refractivity contribution >= 4 is 51.3 Å². The first-order valence-corrected chi connectivity index (χ1v) is 14.5. The quantitative estimate of drug-likeness (QED) is 0.197. The van der Waals surface area contributed by atoms with Crippen molar-refractivity contribution in [3.05, 3.63) is 112 Å². The van der Waals surface area contributed by atoms with Gasteiger partial charge >= 0.3 is 13.0 Å². The molecule has 1 heterocycles. The summed E-state index contributed by atoms with van der Waals surface area (Å²) in [4.78, 5) is 15.4. The lowest BCUT2D eigenvalue weighted by atomic mass is 9.59. The highest BCUT2D eigenvalue weighted by molar-refractivity contribution is 6.81. The number of nitrogens with zero attached hydrogens (tertiary/aromatic N) is 1. The van der Waals surface area contributed by atoms with Crippen LogP contribution >= 0.6 is 0 Å². The second-order valence-corrected chi connectivity index (χ2v) is 12.1. The number of benzene rings is 5. The van der Waals surface area contributed by atoms with Gasteiger partial charge in [0.05, 0.1) is 12.5 Å². The molecule has 0 bridgehead atoms. The number of anilines is 2. The summed E-state index contributed by atoms with van der Waals surface area (Å²) in [6.45, 7) is 9.49. The van der Waals surface area contributed by atoms with Crippen LogP contribution in [-0.2, 0) is 28.9 Å². The van der Waals surface area contributed by atoms with Gasteiger partial charge in [0, 0.05) is 23.3 Å². The Morgan fingerprint density at radius 1 is 0.854 bits per heavy atom. The Morgan fingerprint density at radius 3 is 2.29 bits per heavy atom. The molecule has 7 rings (SSSR count). The second kappa shape index (κ2) is 9.41. The summed E-state index contributed by atoms with van der Waals surface area (Å²) in [5, 5.41) is 9.03. The highest BCUT2D eigenvalue weighted by Gasteiger charge is 2.44. The van der Waals surface area contributed by atoms with E-state index in [-0.39, 0.29) is 13.0 Å². The van der Waals surface area contributed by atoms with Crippen molar-refractivity contribution in [1.82, 2.24) is 0 Å². The molecule has 5 aromatic rings. The Labute approximate surface area is 242 Å². The Kier molecular flexibility index (Phi) is 5.90. The van der Waals surface area contributed by atoms with Crippen molar-refractivity contribution in [2.45, 2.75) is 47.1 Å². The smallest absolute Gasteiger partial charge is 0.409 e. The van der Waals surface area contributed by atoms with Crippen LogP contribution in [0.1, 0.15) is 40.3 Å². The normalized spacial score (nSPS) is 17.6. The molecule has 0 amide bonds. The molecule has 0 spiro atoms. The average molecular weight is 539 g/mol. The van der Waals surface area contributed by atoms with Gasteiger partial charge in [0.1, 0.15) is 0 Å². The minimum atomic E-state index is -0.529. The van der Waals surface area contributed by atoms with Gasteiger partial charge < -0.3 is 14.8 Å². The molecule has 204 valence electrons. The topological polar surface area (TPSA) is 41.6 Å². The summed E-state index contributed by atoms with van der Waals surface area (Å²) in [6.07, 6.45) is 1.43. The first-order chi connectivity index (χ1) is 19.8. The number of hydrogen-bond acceptors (Lipinski definition) is 4. The number of rotatable bonds is 4. The zero-order valence-corrected chi connectivity index (χ0v) is 24.5. The fourth-order valence-electron chi connectivity index (χ4n) is 7.51. The van der Waals surface area contributed by atoms with E-state index in [1.54, 1.807) is 0 Å². The Morgan fingerprint density at radius 2 is 1.51 bits per heavy atom. The largest absolute Gasteiger partial charge is 0.469 e. The van der Waals surface area contributed by atoms with Crippen molar-refractivity contribution < 1.29 is 9.53 Å². The van der Waals surface area contributed by atoms with Crippen LogP contribution in [0.5, 0.6) is 0 Å². The van der Waals surface area contributed by atoms with Crippen molar-refractivity contribution in [3.8, 4) is 0 Å². The minimum absolute atomic E-state index is 0.0662. The van der Waals surface area contributed by atoms with Crippen LogP contribution in [0, 0.1) is 26.2 Å². The molecule has 4 nitrogen and oxygen atoms in total. The first kappa shape index (κ1) is 25.7. The zero-order valence-electron chi connectivity index (χ0n) is 24.5. The highest BCUT2D eigenvalue weighted by atomic mass is 16.5. The predicted octanol–water partition coefficient (Wildman–Crippen LogP) is 7.02. The van der Waals surface area contributed by atoms with E-state index in [1.807, 2.05) is 0 Å². The third-order valence-electron chi connectivity index (χ3n) is 9.74. The number of esters is 1. The number of nitrogens with one attached hydrogen (secondary N) is 1. The number of methoxy groups -OCH3 is 1. The number of ether oxygens (including phenoxy) is 1. The standard InChI is InChI=1S/C36H35BN2O2/c1-22-23(2)34(24(3)30-20-36(4,19-29(22)30)35(40)41-5)37-38-31-17-9-13-26-14-10-18-32(33(26)31)39(37)21-27-15-8-12-25-11-6-7-16-28(25)27/h6-18,38H,19-21H2,1-5H3. The third kappa shape index (κ3) is 3.86. The van der Waals surface area contributed by atoms with E-state index in [2.05, 4.69) is 117 Å². The predicted molar refractivity (Wildman–Crippen MR) is 171 cm³/mol. The van der Waals surface area contributed by atoms with Crippen LogP contribution in [0.2, 0.25) is 0 Å². The van der Waals surface area contributed by atoms with Crippen LogP contribution in [0.3, 0.4) is 0 Å². The fraction of sp³-hybridized carbons (Fsp3) is 0.250. The summed E-state index contributed by atoms with van der Waals surface area (Å²) in [5.41, 5.74) is 11.0. The molecule has 1 aliphatic heterocycles. The Bertz CT molecular complexity index is 1870. The monoisotopic (exact) mass is 538 g/mol. The van der Waals surface area contributed by atoms with Crippen LogP contribution in [0.15, 0.2) is 78.9 Å². The molecule has 1 atom stereocenters. The SMILES string of the molecule is COC(=O)C1(C)Cc2c(C)c(C)c(B3Nc4cccc5cccc(c45)N3Cc3cccc4ccccc34)c(C)c2C1. The molecule has 1 unspecified atom stereocenters. The van der Waals surface area contributed by atoms with Gasteiger partial charge in [-0.1, -0.05) is 66.7 Å². The van der Waals surface area contributed by atoms with Crippen molar-refractivity contribution in [2.75, 3.05) is 17.1 Å².